The van der Waals surface area contributed by atoms with E-state index >= 15 is 0 Å². The van der Waals surface area contributed by atoms with Gasteiger partial charge in [-0.25, -0.2) is 0 Å². The van der Waals surface area contributed by atoms with Crippen LogP contribution in [0.2, 0.25) is 5.02 Å². The van der Waals surface area contributed by atoms with Crippen molar-refractivity contribution in [1.29, 1.82) is 0 Å². The molecule has 4 aromatic rings. The van der Waals surface area contributed by atoms with Crippen molar-refractivity contribution in [2.75, 3.05) is 0 Å². The van der Waals surface area contributed by atoms with Gasteiger partial charge in [-0.15, -0.1) is 10.2 Å². The Hall–Kier alpha value is -4.04. The summed E-state index contributed by atoms with van der Waals surface area (Å²) < 4.78 is 0. The van der Waals surface area contributed by atoms with Gasteiger partial charge in [0.1, 0.15) is 0 Å². The number of tetrazole rings is 1. The standard InChI is InChI=1S/C25H21ClN6O2/c26-22-9-5-4-8-19(22)20-14-21(20)25(34)29-28-24(33)18-12-10-16(11-13-18)15-32-30-23(27-31-32)17-6-2-1-3-7-17/h1-13,20-21H,14-15H2,(H,28,33)(H,29,34). The molecule has 0 spiro atoms. The third-order valence-electron chi connectivity index (χ3n) is 5.76. The van der Waals surface area contributed by atoms with Crippen LogP contribution in [0.1, 0.15) is 33.8 Å². The lowest BCUT2D eigenvalue weighted by atomic mass is 10.1. The molecule has 2 N–H and O–H groups in total. The van der Waals surface area contributed by atoms with Crippen LogP contribution in [0.3, 0.4) is 0 Å². The number of nitrogens with zero attached hydrogens (tertiary/aromatic N) is 4. The fraction of sp³-hybridized carbons (Fsp3) is 0.160. The first-order chi connectivity index (χ1) is 16.6. The van der Waals surface area contributed by atoms with E-state index in [0.29, 0.717) is 29.4 Å². The van der Waals surface area contributed by atoms with Crippen molar-refractivity contribution in [3.63, 3.8) is 0 Å². The first-order valence-corrected chi connectivity index (χ1v) is 11.2. The van der Waals surface area contributed by atoms with Crippen molar-refractivity contribution >= 4 is 23.4 Å². The van der Waals surface area contributed by atoms with E-state index in [-0.39, 0.29) is 23.7 Å². The molecule has 2 amide bonds. The zero-order chi connectivity index (χ0) is 23.5. The SMILES string of the molecule is O=C(NNC(=O)C1CC1c1ccccc1Cl)c1ccc(Cn2nnc(-c3ccccc3)n2)cc1. The highest BCUT2D eigenvalue weighted by molar-refractivity contribution is 6.31. The van der Waals surface area contributed by atoms with E-state index in [1.807, 2.05) is 66.7 Å². The van der Waals surface area contributed by atoms with E-state index in [9.17, 15) is 9.59 Å². The number of hydrazine groups is 1. The Labute approximate surface area is 200 Å². The van der Waals surface area contributed by atoms with E-state index in [2.05, 4.69) is 26.3 Å². The Morgan fingerprint density at radius 2 is 1.68 bits per heavy atom. The van der Waals surface area contributed by atoms with Gasteiger partial charge in [0.25, 0.3) is 5.91 Å². The fourth-order valence-electron chi connectivity index (χ4n) is 3.83. The summed E-state index contributed by atoms with van der Waals surface area (Å²) in [7, 11) is 0. The Balaban J connectivity index is 1.13. The van der Waals surface area contributed by atoms with Gasteiger partial charge in [0.2, 0.25) is 11.7 Å². The quantitative estimate of drug-likeness (QED) is 0.417. The van der Waals surface area contributed by atoms with E-state index in [1.54, 1.807) is 12.1 Å². The van der Waals surface area contributed by atoms with Crippen LogP contribution in [-0.4, -0.2) is 32.0 Å². The number of nitrogens with one attached hydrogen (secondary N) is 2. The molecule has 0 saturated heterocycles. The average Bonchev–Trinajstić information content (AvgIpc) is 3.53. The summed E-state index contributed by atoms with van der Waals surface area (Å²) in [6.45, 7) is 0.420. The molecule has 1 fully saturated rings. The molecule has 170 valence electrons. The van der Waals surface area contributed by atoms with Crippen molar-refractivity contribution in [2.24, 2.45) is 5.92 Å². The molecule has 9 heteroatoms. The van der Waals surface area contributed by atoms with Crippen molar-refractivity contribution in [1.82, 2.24) is 31.1 Å². The largest absolute Gasteiger partial charge is 0.273 e. The molecular formula is C25H21ClN6O2. The van der Waals surface area contributed by atoms with Gasteiger partial charge in [0.15, 0.2) is 0 Å². The molecule has 0 aliphatic heterocycles. The van der Waals surface area contributed by atoms with Crippen molar-refractivity contribution in [2.45, 2.75) is 18.9 Å². The monoisotopic (exact) mass is 472 g/mol. The van der Waals surface area contributed by atoms with Crippen LogP contribution >= 0.6 is 11.6 Å². The normalized spacial score (nSPS) is 16.6. The molecule has 0 radical (unpaired) electrons. The van der Waals surface area contributed by atoms with E-state index < -0.39 is 0 Å². The van der Waals surface area contributed by atoms with E-state index in [1.165, 1.54) is 4.80 Å². The second-order valence-corrected chi connectivity index (χ2v) is 8.53. The second-order valence-electron chi connectivity index (χ2n) is 8.12. The van der Waals surface area contributed by atoms with Crippen molar-refractivity contribution in [3.8, 4) is 11.4 Å². The molecule has 1 aromatic heterocycles. The molecule has 3 aromatic carbocycles. The first-order valence-electron chi connectivity index (χ1n) is 10.9. The van der Waals surface area contributed by atoms with Crippen LogP contribution in [0, 0.1) is 5.92 Å². The zero-order valence-electron chi connectivity index (χ0n) is 18.1. The summed E-state index contributed by atoms with van der Waals surface area (Å²) in [5.41, 5.74) is 8.21. The molecule has 1 saturated carbocycles. The van der Waals surface area contributed by atoms with Crippen LogP contribution in [-0.2, 0) is 11.3 Å². The van der Waals surface area contributed by atoms with Gasteiger partial charge in [-0.05, 0) is 46.9 Å². The van der Waals surface area contributed by atoms with E-state index in [0.717, 1.165) is 16.7 Å². The number of halogens is 1. The number of aromatic nitrogens is 4. The van der Waals surface area contributed by atoms with Gasteiger partial charge in [-0.1, -0.05) is 72.3 Å². The van der Waals surface area contributed by atoms with Gasteiger partial charge in [0, 0.05) is 22.1 Å². The van der Waals surface area contributed by atoms with Crippen molar-refractivity contribution in [3.05, 3.63) is 101 Å². The second kappa shape index (κ2) is 9.44. The summed E-state index contributed by atoms with van der Waals surface area (Å²) in [6, 6.07) is 24.1. The molecule has 5 rings (SSSR count). The maximum Gasteiger partial charge on any atom is 0.269 e. The molecule has 34 heavy (non-hydrogen) atoms. The minimum Gasteiger partial charge on any atom is -0.273 e. The number of rotatable bonds is 6. The maximum absolute atomic E-state index is 12.4. The minimum absolute atomic E-state index is 0.0812. The number of carbonyl (C=O) groups is 2. The number of carbonyl (C=O) groups excluding carboxylic acids is 2. The van der Waals surface area contributed by atoms with Gasteiger partial charge >= 0.3 is 0 Å². The predicted molar refractivity (Wildman–Crippen MR) is 127 cm³/mol. The molecule has 1 aliphatic rings. The summed E-state index contributed by atoms with van der Waals surface area (Å²) >= 11 is 6.22. The Bertz CT molecular complexity index is 1320. The van der Waals surface area contributed by atoms with E-state index in [4.69, 9.17) is 11.6 Å². The lowest BCUT2D eigenvalue weighted by molar-refractivity contribution is -0.123. The number of hydrogen-bond acceptors (Lipinski definition) is 5. The first kappa shape index (κ1) is 21.8. The molecule has 2 unspecified atom stereocenters. The summed E-state index contributed by atoms with van der Waals surface area (Å²) in [5, 5.41) is 13.2. The fourth-order valence-corrected chi connectivity index (χ4v) is 4.10. The van der Waals surface area contributed by atoms with Crippen LogP contribution in [0.15, 0.2) is 78.9 Å². The average molecular weight is 473 g/mol. The van der Waals surface area contributed by atoms with Gasteiger partial charge in [-0.3, -0.25) is 20.4 Å². The van der Waals surface area contributed by atoms with Crippen LogP contribution in [0.5, 0.6) is 0 Å². The topological polar surface area (TPSA) is 102 Å². The predicted octanol–water partition coefficient (Wildman–Crippen LogP) is 3.61. The molecule has 1 heterocycles. The van der Waals surface area contributed by atoms with Crippen LogP contribution < -0.4 is 10.9 Å². The van der Waals surface area contributed by atoms with Gasteiger partial charge in [0.05, 0.1) is 6.54 Å². The number of hydrogen-bond donors (Lipinski definition) is 2. The lowest BCUT2D eigenvalue weighted by Crippen LogP contribution is -2.42. The third-order valence-corrected chi connectivity index (χ3v) is 6.10. The number of benzene rings is 3. The zero-order valence-corrected chi connectivity index (χ0v) is 18.8. The highest BCUT2D eigenvalue weighted by Crippen LogP contribution is 2.49. The Morgan fingerprint density at radius 1 is 0.941 bits per heavy atom. The smallest absolute Gasteiger partial charge is 0.269 e. The molecule has 0 bridgehead atoms. The minimum atomic E-state index is -0.389. The Kier molecular flexibility index (Phi) is 6.05. The van der Waals surface area contributed by atoms with Crippen molar-refractivity contribution < 1.29 is 9.59 Å². The lowest BCUT2D eigenvalue weighted by Gasteiger charge is -2.08. The maximum atomic E-state index is 12.4. The molecular weight excluding hydrogens is 452 g/mol. The molecule has 2 atom stereocenters. The van der Waals surface area contributed by atoms with Gasteiger partial charge in [-0.2, -0.15) is 4.80 Å². The summed E-state index contributed by atoms with van der Waals surface area (Å²) in [6.07, 6.45) is 0.711. The summed E-state index contributed by atoms with van der Waals surface area (Å²) in [4.78, 5) is 26.3. The van der Waals surface area contributed by atoms with Crippen LogP contribution in [0.4, 0.5) is 0 Å². The molecule has 8 nitrogen and oxygen atoms in total. The third kappa shape index (κ3) is 4.82. The van der Waals surface area contributed by atoms with Crippen LogP contribution in [0.25, 0.3) is 11.4 Å². The highest BCUT2D eigenvalue weighted by Gasteiger charge is 2.44. The highest BCUT2D eigenvalue weighted by atomic mass is 35.5. The summed E-state index contributed by atoms with van der Waals surface area (Å²) in [5.74, 6) is -0.169. The molecule has 1 aliphatic carbocycles. The Morgan fingerprint density at radius 3 is 2.44 bits per heavy atom. The number of amides is 2. The van der Waals surface area contributed by atoms with Gasteiger partial charge < -0.3 is 0 Å².